The molecule has 0 bridgehead atoms. The molecule has 1 aromatic carbocycles. The Kier molecular flexibility index (Phi) is 3.65. The maximum atomic E-state index is 10.2. The van der Waals surface area contributed by atoms with Crippen LogP contribution in [0.4, 0.5) is 0 Å². The van der Waals surface area contributed by atoms with Gasteiger partial charge in [-0.05, 0) is 48.6 Å². The van der Waals surface area contributed by atoms with Crippen LogP contribution in [0.1, 0.15) is 30.9 Å². The molecule has 0 aliphatic heterocycles. The second kappa shape index (κ2) is 4.81. The molecule has 15 heavy (non-hydrogen) atoms. The van der Waals surface area contributed by atoms with Crippen LogP contribution < -0.4 is 0 Å². The number of benzene rings is 1. The van der Waals surface area contributed by atoms with E-state index >= 15 is 0 Å². The van der Waals surface area contributed by atoms with Crippen LogP contribution in [-0.2, 0) is 0 Å². The van der Waals surface area contributed by atoms with Gasteiger partial charge in [-0.15, -0.1) is 0 Å². The third-order valence-corrected chi connectivity index (χ3v) is 3.90. The van der Waals surface area contributed by atoms with Crippen LogP contribution in [0.2, 0.25) is 0 Å². The van der Waals surface area contributed by atoms with E-state index in [0.29, 0.717) is 0 Å². The molecule has 0 heterocycles. The van der Waals surface area contributed by atoms with Crippen molar-refractivity contribution in [1.82, 2.24) is 0 Å². The fourth-order valence-electron chi connectivity index (χ4n) is 1.87. The van der Waals surface area contributed by atoms with E-state index in [-0.39, 0.29) is 0 Å². The van der Waals surface area contributed by atoms with E-state index < -0.39 is 6.10 Å². The highest BCUT2D eigenvalue weighted by Crippen LogP contribution is 2.35. The van der Waals surface area contributed by atoms with Crippen molar-refractivity contribution in [2.45, 2.75) is 25.4 Å². The minimum Gasteiger partial charge on any atom is -0.384 e. The quantitative estimate of drug-likeness (QED) is 0.798. The lowest BCUT2D eigenvalue weighted by atomic mass is 10.0. The Morgan fingerprint density at radius 2 is 2.07 bits per heavy atom. The summed E-state index contributed by atoms with van der Waals surface area (Å²) in [7, 11) is 0. The summed E-state index contributed by atoms with van der Waals surface area (Å²) in [6.45, 7) is 0. The number of halogens is 2. The van der Waals surface area contributed by atoms with Gasteiger partial charge in [-0.1, -0.05) is 37.9 Å². The van der Waals surface area contributed by atoms with Crippen molar-refractivity contribution in [3.05, 3.63) is 44.4 Å². The average molecular weight is 332 g/mol. The first-order chi connectivity index (χ1) is 7.18. The minimum atomic E-state index is -0.459. The summed E-state index contributed by atoms with van der Waals surface area (Å²) >= 11 is 6.89. The van der Waals surface area contributed by atoms with Gasteiger partial charge in [0.25, 0.3) is 0 Å². The van der Waals surface area contributed by atoms with Crippen molar-refractivity contribution in [3.63, 3.8) is 0 Å². The summed E-state index contributed by atoms with van der Waals surface area (Å²) in [5, 5.41) is 10.2. The van der Waals surface area contributed by atoms with Crippen LogP contribution in [0.15, 0.2) is 38.8 Å². The van der Waals surface area contributed by atoms with Gasteiger partial charge in [-0.2, -0.15) is 0 Å². The van der Waals surface area contributed by atoms with Gasteiger partial charge in [0.1, 0.15) is 6.10 Å². The molecule has 0 fully saturated rings. The first-order valence-corrected chi connectivity index (χ1v) is 6.59. The summed E-state index contributed by atoms with van der Waals surface area (Å²) in [6.07, 6.45) is 4.97. The predicted octanol–water partition coefficient (Wildman–Crippen LogP) is 4.36. The molecule has 0 aromatic heterocycles. The minimum absolute atomic E-state index is 0.459. The summed E-state index contributed by atoms with van der Waals surface area (Å²) in [4.78, 5) is 0. The SMILES string of the molecule is OC(C1=CCCC1)c1cc(Br)ccc1Br. The van der Waals surface area contributed by atoms with Crippen molar-refractivity contribution in [1.29, 1.82) is 0 Å². The molecule has 80 valence electrons. The largest absolute Gasteiger partial charge is 0.384 e. The monoisotopic (exact) mass is 330 g/mol. The topological polar surface area (TPSA) is 20.2 Å². The molecule has 0 saturated carbocycles. The molecule has 2 rings (SSSR count). The smallest absolute Gasteiger partial charge is 0.101 e. The highest BCUT2D eigenvalue weighted by atomic mass is 79.9. The molecule has 1 N–H and O–H groups in total. The molecule has 0 amide bonds. The third kappa shape index (κ3) is 2.52. The van der Waals surface area contributed by atoms with Gasteiger partial charge in [0, 0.05) is 8.95 Å². The van der Waals surface area contributed by atoms with Crippen LogP contribution in [0, 0.1) is 0 Å². The van der Waals surface area contributed by atoms with E-state index in [1.54, 1.807) is 0 Å². The Balaban J connectivity index is 2.31. The molecule has 3 heteroatoms. The molecule has 0 radical (unpaired) electrons. The summed E-state index contributed by atoms with van der Waals surface area (Å²) < 4.78 is 1.96. The Bertz CT molecular complexity index is 399. The zero-order valence-corrected chi connectivity index (χ0v) is 11.4. The number of rotatable bonds is 2. The third-order valence-electron chi connectivity index (χ3n) is 2.68. The zero-order valence-electron chi connectivity index (χ0n) is 8.21. The molecule has 1 aromatic rings. The van der Waals surface area contributed by atoms with Gasteiger partial charge >= 0.3 is 0 Å². The highest BCUT2D eigenvalue weighted by molar-refractivity contribution is 9.11. The lowest BCUT2D eigenvalue weighted by molar-refractivity contribution is 0.212. The van der Waals surface area contributed by atoms with Crippen molar-refractivity contribution in [2.75, 3.05) is 0 Å². The highest BCUT2D eigenvalue weighted by Gasteiger charge is 2.18. The molecule has 1 atom stereocenters. The number of hydrogen-bond donors (Lipinski definition) is 1. The molecule has 1 nitrogen and oxygen atoms in total. The van der Waals surface area contributed by atoms with Crippen molar-refractivity contribution < 1.29 is 5.11 Å². The first-order valence-electron chi connectivity index (χ1n) is 5.00. The van der Waals surface area contributed by atoms with Crippen LogP contribution in [0.3, 0.4) is 0 Å². The fraction of sp³-hybridized carbons (Fsp3) is 0.333. The van der Waals surface area contributed by atoms with Gasteiger partial charge in [0.05, 0.1) is 0 Å². The van der Waals surface area contributed by atoms with Gasteiger partial charge in [0.15, 0.2) is 0 Å². The molecule has 1 aliphatic carbocycles. The van der Waals surface area contributed by atoms with E-state index in [4.69, 9.17) is 0 Å². The summed E-state index contributed by atoms with van der Waals surface area (Å²) in [5.41, 5.74) is 2.09. The molecule has 1 unspecified atom stereocenters. The molecule has 0 spiro atoms. The maximum Gasteiger partial charge on any atom is 0.101 e. The van der Waals surface area contributed by atoms with Crippen LogP contribution in [0.5, 0.6) is 0 Å². The van der Waals surface area contributed by atoms with Gasteiger partial charge < -0.3 is 5.11 Å². The van der Waals surface area contributed by atoms with E-state index in [2.05, 4.69) is 37.9 Å². The average Bonchev–Trinajstić information content (AvgIpc) is 2.74. The van der Waals surface area contributed by atoms with E-state index in [9.17, 15) is 5.11 Å². The Morgan fingerprint density at radius 3 is 2.73 bits per heavy atom. The zero-order chi connectivity index (χ0) is 10.8. The number of aliphatic hydroxyl groups excluding tert-OH is 1. The lowest BCUT2D eigenvalue weighted by Gasteiger charge is -2.14. The van der Waals surface area contributed by atoms with Crippen LogP contribution >= 0.6 is 31.9 Å². The van der Waals surface area contributed by atoms with Gasteiger partial charge in [-0.3, -0.25) is 0 Å². The molecular formula is C12H12Br2O. The number of aliphatic hydroxyl groups is 1. The Morgan fingerprint density at radius 1 is 1.27 bits per heavy atom. The Labute approximate surface area is 106 Å². The lowest BCUT2D eigenvalue weighted by Crippen LogP contribution is -2.00. The number of hydrogen-bond acceptors (Lipinski definition) is 1. The van der Waals surface area contributed by atoms with E-state index in [0.717, 1.165) is 39.3 Å². The number of allylic oxidation sites excluding steroid dienone is 1. The predicted molar refractivity (Wildman–Crippen MR) is 68.7 cm³/mol. The van der Waals surface area contributed by atoms with E-state index in [1.807, 2.05) is 18.2 Å². The van der Waals surface area contributed by atoms with Crippen LogP contribution in [-0.4, -0.2) is 5.11 Å². The van der Waals surface area contributed by atoms with E-state index in [1.165, 1.54) is 0 Å². The first kappa shape index (κ1) is 11.4. The molecule has 1 aliphatic rings. The molecule has 0 saturated heterocycles. The normalized spacial score (nSPS) is 17.7. The molecular weight excluding hydrogens is 320 g/mol. The Hall–Kier alpha value is -0.120. The standard InChI is InChI=1S/C12H12Br2O/c13-9-5-6-11(14)10(7-9)12(15)8-3-1-2-4-8/h3,5-7,12,15H,1-2,4H2. The fourth-order valence-corrected chi connectivity index (χ4v) is 2.71. The van der Waals surface area contributed by atoms with Crippen molar-refractivity contribution in [2.24, 2.45) is 0 Å². The summed E-state index contributed by atoms with van der Waals surface area (Å²) in [6, 6.07) is 5.88. The summed E-state index contributed by atoms with van der Waals surface area (Å²) in [5.74, 6) is 0. The van der Waals surface area contributed by atoms with Crippen LogP contribution in [0.25, 0.3) is 0 Å². The van der Waals surface area contributed by atoms with Crippen molar-refractivity contribution >= 4 is 31.9 Å². The van der Waals surface area contributed by atoms with Gasteiger partial charge in [-0.25, -0.2) is 0 Å². The second-order valence-electron chi connectivity index (χ2n) is 3.74. The van der Waals surface area contributed by atoms with Gasteiger partial charge in [0.2, 0.25) is 0 Å². The maximum absolute atomic E-state index is 10.2. The van der Waals surface area contributed by atoms with Crippen molar-refractivity contribution in [3.8, 4) is 0 Å². The second-order valence-corrected chi connectivity index (χ2v) is 5.51.